The van der Waals surface area contributed by atoms with Crippen molar-refractivity contribution in [1.29, 1.82) is 0 Å². The summed E-state index contributed by atoms with van der Waals surface area (Å²) in [5.41, 5.74) is 3.20. The van der Waals surface area contributed by atoms with Crippen LogP contribution in [0, 0.1) is 11.6 Å². The van der Waals surface area contributed by atoms with E-state index in [0.29, 0.717) is 37.3 Å². The number of halogens is 2. The normalized spacial score (nSPS) is 11.4. The van der Waals surface area contributed by atoms with Gasteiger partial charge in [0.05, 0.1) is 11.4 Å². The molecule has 0 fully saturated rings. The van der Waals surface area contributed by atoms with Crippen LogP contribution in [0.3, 0.4) is 0 Å². The summed E-state index contributed by atoms with van der Waals surface area (Å²) < 4.78 is 27.7. The lowest BCUT2D eigenvalue weighted by molar-refractivity contribution is 0.301. The minimum absolute atomic E-state index is 0.189. The maximum absolute atomic E-state index is 13.8. The van der Waals surface area contributed by atoms with Gasteiger partial charge < -0.3 is 0 Å². The number of aromatic nitrogens is 1. The summed E-state index contributed by atoms with van der Waals surface area (Å²) in [6, 6.07) is 19.6. The number of benzene rings is 2. The molecule has 0 unspecified atom stereocenters. The molecule has 0 bridgehead atoms. The van der Waals surface area contributed by atoms with Crippen LogP contribution in [0.25, 0.3) is 0 Å². The van der Waals surface area contributed by atoms with Crippen molar-refractivity contribution < 1.29 is 8.78 Å². The molecule has 0 aliphatic rings. The van der Waals surface area contributed by atoms with Crippen molar-refractivity contribution in [1.82, 2.24) is 14.8 Å². The first-order valence-corrected chi connectivity index (χ1v) is 9.30. The molecule has 2 aromatic carbocycles. The highest BCUT2D eigenvalue weighted by Gasteiger charge is 2.09. The molecule has 3 nitrogen and oxygen atoms in total. The molecule has 0 radical (unpaired) electrons. The molecule has 0 amide bonds. The third-order valence-electron chi connectivity index (χ3n) is 4.52. The van der Waals surface area contributed by atoms with Crippen molar-refractivity contribution in [2.75, 3.05) is 14.1 Å². The van der Waals surface area contributed by atoms with Crippen LogP contribution in [0.5, 0.6) is 0 Å². The van der Waals surface area contributed by atoms with Crippen LogP contribution < -0.4 is 0 Å². The second-order valence-electron chi connectivity index (χ2n) is 7.15. The molecule has 28 heavy (non-hydrogen) atoms. The second kappa shape index (κ2) is 9.53. The Morgan fingerprint density at radius 2 is 1.04 bits per heavy atom. The monoisotopic (exact) mass is 381 g/mol. The molecule has 0 aliphatic heterocycles. The smallest absolute Gasteiger partial charge is 0.127 e. The molecular weight excluding hydrogens is 356 g/mol. The van der Waals surface area contributed by atoms with E-state index in [1.807, 2.05) is 54.2 Å². The lowest BCUT2D eigenvalue weighted by atomic mass is 10.2. The Labute approximate surface area is 165 Å². The SMILES string of the molecule is CN(Cc1cccc(CN(C)Cc2ccccc2F)n1)Cc1ccccc1F. The fraction of sp³-hybridized carbons (Fsp3) is 0.261. The summed E-state index contributed by atoms with van der Waals surface area (Å²) in [5, 5.41) is 0. The van der Waals surface area contributed by atoms with Gasteiger partial charge in [0.25, 0.3) is 0 Å². The van der Waals surface area contributed by atoms with Crippen LogP contribution in [-0.2, 0) is 26.2 Å². The molecule has 0 aliphatic carbocycles. The lowest BCUT2D eigenvalue weighted by Crippen LogP contribution is -2.21. The zero-order chi connectivity index (χ0) is 19.9. The summed E-state index contributed by atoms with van der Waals surface area (Å²) in [6.45, 7) is 2.29. The van der Waals surface area contributed by atoms with Crippen LogP contribution in [0.4, 0.5) is 8.78 Å². The lowest BCUT2D eigenvalue weighted by Gasteiger charge is -2.19. The van der Waals surface area contributed by atoms with Gasteiger partial charge in [0.2, 0.25) is 0 Å². The van der Waals surface area contributed by atoms with E-state index in [-0.39, 0.29) is 11.6 Å². The highest BCUT2D eigenvalue weighted by atomic mass is 19.1. The third kappa shape index (κ3) is 5.68. The Balaban J connectivity index is 1.59. The van der Waals surface area contributed by atoms with E-state index in [4.69, 9.17) is 4.98 Å². The summed E-state index contributed by atoms with van der Waals surface area (Å²) in [4.78, 5) is 8.78. The Hall–Kier alpha value is -2.63. The van der Waals surface area contributed by atoms with Gasteiger partial charge in [0.1, 0.15) is 11.6 Å². The highest BCUT2D eigenvalue weighted by molar-refractivity contribution is 5.18. The topological polar surface area (TPSA) is 19.4 Å². The first kappa shape index (κ1) is 20.1. The maximum Gasteiger partial charge on any atom is 0.127 e. The van der Waals surface area contributed by atoms with Gasteiger partial charge in [-0.1, -0.05) is 42.5 Å². The van der Waals surface area contributed by atoms with Gasteiger partial charge >= 0.3 is 0 Å². The highest BCUT2D eigenvalue weighted by Crippen LogP contribution is 2.13. The fourth-order valence-electron chi connectivity index (χ4n) is 3.21. The Morgan fingerprint density at radius 3 is 1.46 bits per heavy atom. The minimum atomic E-state index is -0.189. The van der Waals surface area contributed by atoms with E-state index >= 15 is 0 Å². The molecular formula is C23H25F2N3. The fourth-order valence-corrected chi connectivity index (χ4v) is 3.21. The summed E-state index contributed by atoms with van der Waals surface area (Å²) in [6.07, 6.45) is 0. The number of rotatable bonds is 8. The molecule has 1 heterocycles. The Bertz CT molecular complexity index is 843. The summed E-state index contributed by atoms with van der Waals surface area (Å²) >= 11 is 0. The maximum atomic E-state index is 13.8. The van der Waals surface area contributed by atoms with E-state index in [1.165, 1.54) is 12.1 Å². The van der Waals surface area contributed by atoms with Crippen molar-refractivity contribution in [3.05, 3.63) is 101 Å². The van der Waals surface area contributed by atoms with Crippen LogP contribution in [0.15, 0.2) is 66.7 Å². The molecule has 0 spiro atoms. The van der Waals surface area contributed by atoms with E-state index in [2.05, 4.69) is 0 Å². The van der Waals surface area contributed by atoms with E-state index in [9.17, 15) is 8.78 Å². The van der Waals surface area contributed by atoms with E-state index < -0.39 is 0 Å². The quantitative estimate of drug-likeness (QED) is 0.567. The number of nitrogens with zero attached hydrogens (tertiary/aromatic N) is 3. The third-order valence-corrected chi connectivity index (χ3v) is 4.52. The molecule has 0 saturated carbocycles. The van der Waals surface area contributed by atoms with E-state index in [0.717, 1.165) is 11.4 Å². The molecule has 0 N–H and O–H groups in total. The zero-order valence-corrected chi connectivity index (χ0v) is 16.3. The van der Waals surface area contributed by atoms with Crippen LogP contribution >= 0.6 is 0 Å². The van der Waals surface area contributed by atoms with Gasteiger partial charge in [-0.3, -0.25) is 14.8 Å². The largest absolute Gasteiger partial charge is 0.296 e. The first-order chi connectivity index (χ1) is 13.5. The van der Waals surface area contributed by atoms with Gasteiger partial charge in [-0.25, -0.2) is 8.78 Å². The van der Waals surface area contributed by atoms with E-state index in [1.54, 1.807) is 24.3 Å². The van der Waals surface area contributed by atoms with Crippen molar-refractivity contribution in [2.45, 2.75) is 26.2 Å². The number of hydrogen-bond donors (Lipinski definition) is 0. The van der Waals surface area contributed by atoms with Gasteiger partial charge in [-0.2, -0.15) is 0 Å². The Kier molecular flexibility index (Phi) is 6.85. The predicted molar refractivity (Wildman–Crippen MR) is 107 cm³/mol. The first-order valence-electron chi connectivity index (χ1n) is 9.30. The molecule has 1 aromatic heterocycles. The molecule has 146 valence electrons. The van der Waals surface area contributed by atoms with Gasteiger partial charge in [-0.05, 0) is 38.4 Å². The number of hydrogen-bond acceptors (Lipinski definition) is 3. The van der Waals surface area contributed by atoms with Crippen LogP contribution in [0.2, 0.25) is 0 Å². The number of pyridine rings is 1. The molecule has 0 saturated heterocycles. The van der Waals surface area contributed by atoms with Crippen molar-refractivity contribution in [3.63, 3.8) is 0 Å². The standard InChI is InChI=1S/C23H25F2N3/c1-27(14-18-8-3-5-12-22(18)24)16-20-10-7-11-21(26-20)17-28(2)15-19-9-4-6-13-23(19)25/h3-13H,14-17H2,1-2H3. The molecule has 0 atom stereocenters. The van der Waals surface area contributed by atoms with Gasteiger partial charge in [0.15, 0.2) is 0 Å². The average Bonchev–Trinajstić information content (AvgIpc) is 2.66. The molecule has 5 heteroatoms. The molecule has 3 rings (SSSR count). The molecule has 3 aromatic rings. The summed E-state index contributed by atoms with van der Waals surface area (Å²) in [7, 11) is 3.90. The van der Waals surface area contributed by atoms with Crippen molar-refractivity contribution in [2.24, 2.45) is 0 Å². The second-order valence-corrected chi connectivity index (χ2v) is 7.15. The average molecular weight is 381 g/mol. The minimum Gasteiger partial charge on any atom is -0.296 e. The van der Waals surface area contributed by atoms with Crippen molar-refractivity contribution >= 4 is 0 Å². The predicted octanol–water partition coefficient (Wildman–Crippen LogP) is 4.62. The van der Waals surface area contributed by atoms with Crippen LogP contribution in [0.1, 0.15) is 22.5 Å². The van der Waals surface area contributed by atoms with Crippen molar-refractivity contribution in [3.8, 4) is 0 Å². The van der Waals surface area contributed by atoms with Gasteiger partial charge in [-0.15, -0.1) is 0 Å². The summed E-state index contributed by atoms with van der Waals surface area (Å²) in [5.74, 6) is -0.378. The van der Waals surface area contributed by atoms with Crippen LogP contribution in [-0.4, -0.2) is 28.9 Å². The zero-order valence-electron chi connectivity index (χ0n) is 16.3. The van der Waals surface area contributed by atoms with Gasteiger partial charge in [0, 0.05) is 37.3 Å². The Morgan fingerprint density at radius 1 is 0.607 bits per heavy atom.